The Morgan fingerprint density at radius 3 is 2.80 bits per heavy atom. The van der Waals surface area contributed by atoms with E-state index in [4.69, 9.17) is 0 Å². The van der Waals surface area contributed by atoms with E-state index in [1.807, 2.05) is 24.3 Å². The highest BCUT2D eigenvalue weighted by Crippen LogP contribution is 2.44. The quantitative estimate of drug-likeness (QED) is 0.826. The average molecular weight is 343 g/mol. The highest BCUT2D eigenvalue weighted by molar-refractivity contribution is 9.10. The van der Waals surface area contributed by atoms with Gasteiger partial charge >= 0.3 is 0 Å². The van der Waals surface area contributed by atoms with Crippen LogP contribution in [0.3, 0.4) is 0 Å². The van der Waals surface area contributed by atoms with Crippen molar-refractivity contribution in [1.29, 1.82) is 0 Å². The Balaban J connectivity index is 1.68. The van der Waals surface area contributed by atoms with E-state index in [1.165, 1.54) is 5.01 Å². The lowest BCUT2D eigenvalue weighted by molar-refractivity contribution is -0.129. The van der Waals surface area contributed by atoms with Crippen molar-refractivity contribution in [1.82, 2.24) is 5.01 Å². The standard InChI is InChI=1S/C14H13BrF2N2O/c15-11-3-1-2-9(4-11)8-19-13(20)5-12(18-19)10-6-14(16,17)7-10/h1-4,10H,5-8H2. The van der Waals surface area contributed by atoms with Gasteiger partial charge in [0.1, 0.15) is 0 Å². The summed E-state index contributed by atoms with van der Waals surface area (Å²) in [6, 6.07) is 7.61. The molecule has 0 aromatic heterocycles. The Labute approximate surface area is 123 Å². The van der Waals surface area contributed by atoms with Crippen LogP contribution < -0.4 is 0 Å². The molecule has 106 valence electrons. The van der Waals surface area contributed by atoms with E-state index in [1.54, 1.807) is 0 Å². The van der Waals surface area contributed by atoms with E-state index < -0.39 is 5.92 Å². The van der Waals surface area contributed by atoms with Crippen molar-refractivity contribution in [3.63, 3.8) is 0 Å². The third-order valence-corrected chi connectivity index (χ3v) is 4.15. The molecule has 0 atom stereocenters. The minimum atomic E-state index is -2.58. The second-order valence-electron chi connectivity index (χ2n) is 5.31. The van der Waals surface area contributed by atoms with Crippen LogP contribution in [0.1, 0.15) is 24.8 Å². The van der Waals surface area contributed by atoms with Crippen molar-refractivity contribution in [3.05, 3.63) is 34.3 Å². The molecular formula is C14H13BrF2N2O. The number of carbonyl (C=O) groups is 1. The zero-order chi connectivity index (χ0) is 14.3. The second kappa shape index (κ2) is 4.91. The maximum atomic E-state index is 12.9. The molecule has 0 N–H and O–H groups in total. The summed E-state index contributed by atoms with van der Waals surface area (Å²) in [6.45, 7) is 0.380. The summed E-state index contributed by atoms with van der Waals surface area (Å²) in [6.07, 6.45) is -0.178. The van der Waals surface area contributed by atoms with Crippen LogP contribution in [-0.4, -0.2) is 22.6 Å². The molecule has 1 fully saturated rings. The lowest BCUT2D eigenvalue weighted by atomic mass is 9.77. The number of carbonyl (C=O) groups excluding carboxylic acids is 1. The van der Waals surface area contributed by atoms with Crippen molar-refractivity contribution >= 4 is 27.5 Å². The van der Waals surface area contributed by atoms with E-state index in [0.29, 0.717) is 12.3 Å². The summed E-state index contributed by atoms with van der Waals surface area (Å²) in [5.74, 6) is -2.93. The van der Waals surface area contributed by atoms with Gasteiger partial charge in [-0.3, -0.25) is 4.79 Å². The molecule has 1 aromatic carbocycles. The van der Waals surface area contributed by atoms with Crippen LogP contribution >= 0.6 is 15.9 Å². The van der Waals surface area contributed by atoms with Crippen LogP contribution in [0, 0.1) is 5.92 Å². The number of halogens is 3. The Morgan fingerprint density at radius 2 is 2.15 bits per heavy atom. The van der Waals surface area contributed by atoms with Crippen molar-refractivity contribution in [2.24, 2.45) is 11.0 Å². The average Bonchev–Trinajstić information content (AvgIpc) is 2.68. The fourth-order valence-electron chi connectivity index (χ4n) is 2.55. The lowest BCUT2D eigenvalue weighted by Crippen LogP contribution is -2.39. The van der Waals surface area contributed by atoms with E-state index in [-0.39, 0.29) is 31.1 Å². The fraction of sp³-hybridized carbons (Fsp3) is 0.429. The Hall–Kier alpha value is -1.30. The summed E-state index contributed by atoms with van der Waals surface area (Å²) >= 11 is 3.37. The van der Waals surface area contributed by atoms with E-state index in [0.717, 1.165) is 10.0 Å². The van der Waals surface area contributed by atoms with Gasteiger partial charge in [0, 0.05) is 23.2 Å². The predicted molar refractivity (Wildman–Crippen MR) is 74.4 cm³/mol. The van der Waals surface area contributed by atoms with E-state index in [9.17, 15) is 13.6 Å². The minimum Gasteiger partial charge on any atom is -0.273 e. The molecule has 0 saturated heterocycles. The summed E-state index contributed by atoms with van der Waals surface area (Å²) < 4.78 is 26.7. The zero-order valence-corrected chi connectivity index (χ0v) is 12.2. The monoisotopic (exact) mass is 342 g/mol. The van der Waals surface area contributed by atoms with E-state index in [2.05, 4.69) is 21.0 Å². The molecule has 20 heavy (non-hydrogen) atoms. The molecule has 1 aromatic rings. The number of hydrazone groups is 1. The number of benzene rings is 1. The molecule has 2 aliphatic rings. The maximum absolute atomic E-state index is 12.9. The molecule has 0 bridgehead atoms. The number of hydrogen-bond donors (Lipinski definition) is 0. The van der Waals surface area contributed by atoms with Crippen LogP contribution in [0.2, 0.25) is 0 Å². The van der Waals surface area contributed by atoms with Crippen LogP contribution in [0.5, 0.6) is 0 Å². The highest BCUT2D eigenvalue weighted by Gasteiger charge is 2.49. The van der Waals surface area contributed by atoms with Crippen molar-refractivity contribution < 1.29 is 13.6 Å². The summed E-state index contributed by atoms with van der Waals surface area (Å²) in [5.41, 5.74) is 1.56. The van der Waals surface area contributed by atoms with Gasteiger partial charge in [0.15, 0.2) is 0 Å². The van der Waals surface area contributed by atoms with Crippen LogP contribution in [-0.2, 0) is 11.3 Å². The van der Waals surface area contributed by atoms with Gasteiger partial charge in [0.25, 0.3) is 0 Å². The van der Waals surface area contributed by atoms with Crippen molar-refractivity contribution in [3.8, 4) is 0 Å². The van der Waals surface area contributed by atoms with Gasteiger partial charge in [0.05, 0.1) is 18.7 Å². The highest BCUT2D eigenvalue weighted by atomic mass is 79.9. The van der Waals surface area contributed by atoms with Gasteiger partial charge < -0.3 is 0 Å². The number of amides is 1. The molecule has 3 rings (SSSR count). The topological polar surface area (TPSA) is 32.7 Å². The van der Waals surface area contributed by atoms with Crippen LogP contribution in [0.4, 0.5) is 8.78 Å². The molecule has 1 aliphatic carbocycles. The summed E-state index contributed by atoms with van der Waals surface area (Å²) in [5, 5.41) is 5.62. The number of hydrogen-bond acceptors (Lipinski definition) is 2. The molecule has 0 spiro atoms. The van der Waals surface area contributed by atoms with Gasteiger partial charge in [0.2, 0.25) is 11.8 Å². The van der Waals surface area contributed by atoms with Crippen molar-refractivity contribution in [2.75, 3.05) is 0 Å². The first-order chi connectivity index (χ1) is 9.43. The number of alkyl halides is 2. The van der Waals surface area contributed by atoms with Gasteiger partial charge in [-0.15, -0.1) is 0 Å². The van der Waals surface area contributed by atoms with Crippen LogP contribution in [0.15, 0.2) is 33.8 Å². The maximum Gasteiger partial charge on any atom is 0.249 e. The minimum absolute atomic E-state index is 0.116. The van der Waals surface area contributed by atoms with Gasteiger partial charge in [-0.05, 0) is 17.7 Å². The second-order valence-corrected chi connectivity index (χ2v) is 6.23. The molecular weight excluding hydrogens is 330 g/mol. The molecule has 1 saturated carbocycles. The normalized spacial score (nSPS) is 21.9. The lowest BCUT2D eigenvalue weighted by Gasteiger charge is -2.34. The first-order valence-corrected chi connectivity index (χ1v) is 7.22. The fourth-order valence-corrected chi connectivity index (χ4v) is 2.99. The Morgan fingerprint density at radius 1 is 1.40 bits per heavy atom. The number of rotatable bonds is 3. The molecule has 6 heteroatoms. The molecule has 0 radical (unpaired) electrons. The van der Waals surface area contributed by atoms with Crippen LogP contribution in [0.25, 0.3) is 0 Å². The predicted octanol–water partition coefficient (Wildman–Crippen LogP) is 3.58. The van der Waals surface area contributed by atoms with Gasteiger partial charge in [-0.2, -0.15) is 5.10 Å². The molecule has 1 heterocycles. The Bertz CT molecular complexity index is 580. The van der Waals surface area contributed by atoms with Crippen molar-refractivity contribution in [2.45, 2.75) is 31.7 Å². The Kier molecular flexibility index (Phi) is 3.36. The summed E-state index contributed by atoms with van der Waals surface area (Å²) in [4.78, 5) is 11.9. The first-order valence-electron chi connectivity index (χ1n) is 6.43. The van der Waals surface area contributed by atoms with Gasteiger partial charge in [-0.1, -0.05) is 28.1 Å². The van der Waals surface area contributed by atoms with E-state index >= 15 is 0 Å². The van der Waals surface area contributed by atoms with Gasteiger partial charge in [-0.25, -0.2) is 13.8 Å². The zero-order valence-electron chi connectivity index (χ0n) is 10.7. The third-order valence-electron chi connectivity index (χ3n) is 3.65. The first kappa shape index (κ1) is 13.7. The molecule has 3 nitrogen and oxygen atoms in total. The number of nitrogens with zero attached hydrogens (tertiary/aromatic N) is 2. The molecule has 1 amide bonds. The smallest absolute Gasteiger partial charge is 0.249 e. The summed E-state index contributed by atoms with van der Waals surface area (Å²) in [7, 11) is 0. The SMILES string of the molecule is O=C1CC(C2CC(F)(F)C2)=NN1Cc1cccc(Br)c1. The third kappa shape index (κ3) is 2.75. The largest absolute Gasteiger partial charge is 0.273 e. The molecule has 1 aliphatic heterocycles. The molecule has 0 unspecified atom stereocenters.